The molecule has 0 bridgehead atoms. The molecule has 2 rings (SSSR count). The third kappa shape index (κ3) is 2.02. The number of anilines is 1. The zero-order chi connectivity index (χ0) is 9.80. The van der Waals surface area contributed by atoms with E-state index in [-0.39, 0.29) is 12.6 Å². The van der Waals surface area contributed by atoms with Gasteiger partial charge in [-0.1, -0.05) is 0 Å². The van der Waals surface area contributed by atoms with Crippen molar-refractivity contribution in [1.29, 1.82) is 0 Å². The lowest BCUT2D eigenvalue weighted by Crippen LogP contribution is -2.52. The molecule has 4 heteroatoms. The van der Waals surface area contributed by atoms with Crippen LogP contribution in [0.3, 0.4) is 0 Å². The molecule has 1 unspecified atom stereocenters. The largest absolute Gasteiger partial charge is 0.395 e. The van der Waals surface area contributed by atoms with Gasteiger partial charge < -0.3 is 15.3 Å². The number of nitrogens with one attached hydrogen (secondary N) is 1. The molecule has 0 spiro atoms. The summed E-state index contributed by atoms with van der Waals surface area (Å²) < 4.78 is 0. The van der Waals surface area contributed by atoms with Crippen LogP contribution >= 0.6 is 0 Å². The highest BCUT2D eigenvalue weighted by Gasteiger charge is 2.18. The fraction of sp³-hybridized carbons (Fsp3) is 0.500. The number of hydrogen-bond donors (Lipinski definition) is 2. The van der Waals surface area contributed by atoms with Gasteiger partial charge in [0.2, 0.25) is 0 Å². The normalized spacial score (nSPS) is 22.4. The summed E-state index contributed by atoms with van der Waals surface area (Å²) in [4.78, 5) is 6.33. The summed E-state index contributed by atoms with van der Waals surface area (Å²) in [7, 11) is 0. The van der Waals surface area contributed by atoms with Crippen LogP contribution < -0.4 is 10.2 Å². The van der Waals surface area contributed by atoms with Crippen molar-refractivity contribution in [2.75, 3.05) is 31.1 Å². The summed E-state index contributed by atoms with van der Waals surface area (Å²) in [5, 5.41) is 12.3. The lowest BCUT2D eigenvalue weighted by atomic mass is 10.2. The van der Waals surface area contributed by atoms with Crippen LogP contribution in [-0.2, 0) is 0 Å². The Labute approximate surface area is 83.6 Å². The monoisotopic (exact) mass is 193 g/mol. The van der Waals surface area contributed by atoms with Gasteiger partial charge in [0, 0.05) is 31.9 Å². The summed E-state index contributed by atoms with van der Waals surface area (Å²) in [5.74, 6) is 0. The van der Waals surface area contributed by atoms with E-state index in [1.54, 1.807) is 6.20 Å². The first kappa shape index (κ1) is 9.43. The number of pyridine rings is 1. The van der Waals surface area contributed by atoms with E-state index in [9.17, 15) is 0 Å². The van der Waals surface area contributed by atoms with Crippen molar-refractivity contribution in [3.05, 3.63) is 24.5 Å². The number of rotatable bonds is 2. The zero-order valence-electron chi connectivity index (χ0n) is 8.06. The highest BCUT2D eigenvalue weighted by Crippen LogP contribution is 2.13. The molecule has 0 aromatic carbocycles. The lowest BCUT2D eigenvalue weighted by molar-refractivity contribution is 0.235. The molecular weight excluding hydrogens is 178 g/mol. The Kier molecular flexibility index (Phi) is 2.96. The van der Waals surface area contributed by atoms with Crippen LogP contribution in [0, 0.1) is 0 Å². The van der Waals surface area contributed by atoms with E-state index in [0.717, 1.165) is 25.3 Å². The van der Waals surface area contributed by atoms with Crippen LogP contribution in [0.1, 0.15) is 0 Å². The van der Waals surface area contributed by atoms with Gasteiger partial charge in [0.15, 0.2) is 0 Å². The topological polar surface area (TPSA) is 48.4 Å². The average molecular weight is 193 g/mol. The van der Waals surface area contributed by atoms with Crippen LogP contribution in [0.25, 0.3) is 0 Å². The molecule has 1 aliphatic rings. The number of hydrogen-bond acceptors (Lipinski definition) is 4. The molecule has 76 valence electrons. The van der Waals surface area contributed by atoms with Crippen molar-refractivity contribution in [3.63, 3.8) is 0 Å². The molecule has 2 heterocycles. The second-order valence-corrected chi connectivity index (χ2v) is 3.49. The van der Waals surface area contributed by atoms with Crippen LogP contribution in [0.15, 0.2) is 24.5 Å². The summed E-state index contributed by atoms with van der Waals surface area (Å²) in [5.41, 5.74) is 1.13. The Morgan fingerprint density at radius 2 is 2.57 bits per heavy atom. The number of aromatic nitrogens is 1. The van der Waals surface area contributed by atoms with E-state index >= 15 is 0 Å². The van der Waals surface area contributed by atoms with E-state index in [1.807, 2.05) is 18.3 Å². The highest BCUT2D eigenvalue weighted by molar-refractivity contribution is 5.44. The lowest BCUT2D eigenvalue weighted by Gasteiger charge is -2.34. The van der Waals surface area contributed by atoms with Crippen molar-refractivity contribution in [1.82, 2.24) is 10.3 Å². The van der Waals surface area contributed by atoms with Gasteiger partial charge in [-0.25, -0.2) is 0 Å². The average Bonchev–Trinajstić information content (AvgIpc) is 2.30. The fourth-order valence-electron chi connectivity index (χ4n) is 1.72. The first-order valence-electron chi connectivity index (χ1n) is 4.89. The Morgan fingerprint density at radius 1 is 1.64 bits per heavy atom. The van der Waals surface area contributed by atoms with Crippen LogP contribution in [0.4, 0.5) is 5.69 Å². The second-order valence-electron chi connectivity index (χ2n) is 3.49. The number of aliphatic hydroxyl groups is 1. The quantitative estimate of drug-likeness (QED) is 0.686. The van der Waals surface area contributed by atoms with Crippen molar-refractivity contribution in [2.24, 2.45) is 0 Å². The Hall–Kier alpha value is -1.13. The summed E-state index contributed by atoms with van der Waals surface area (Å²) >= 11 is 0. The number of piperazine rings is 1. The Morgan fingerprint density at radius 3 is 3.29 bits per heavy atom. The first-order valence-corrected chi connectivity index (χ1v) is 4.89. The maximum atomic E-state index is 9.05. The molecule has 0 radical (unpaired) electrons. The molecule has 0 saturated carbocycles. The Bertz CT molecular complexity index is 278. The second kappa shape index (κ2) is 4.39. The number of nitrogens with zero attached hydrogens (tertiary/aromatic N) is 2. The maximum absolute atomic E-state index is 9.05. The molecule has 1 fully saturated rings. The van der Waals surface area contributed by atoms with E-state index in [4.69, 9.17) is 5.11 Å². The van der Waals surface area contributed by atoms with E-state index in [1.165, 1.54) is 0 Å². The molecule has 1 atom stereocenters. The van der Waals surface area contributed by atoms with E-state index < -0.39 is 0 Å². The van der Waals surface area contributed by atoms with Gasteiger partial charge in [0.05, 0.1) is 18.5 Å². The number of aliphatic hydroxyl groups excluding tert-OH is 1. The van der Waals surface area contributed by atoms with Crippen LogP contribution in [-0.4, -0.2) is 42.4 Å². The molecule has 1 aromatic rings. The van der Waals surface area contributed by atoms with Crippen molar-refractivity contribution in [2.45, 2.75) is 6.04 Å². The molecule has 1 saturated heterocycles. The van der Waals surface area contributed by atoms with Gasteiger partial charge in [-0.3, -0.25) is 4.98 Å². The molecule has 0 aliphatic carbocycles. The molecule has 4 nitrogen and oxygen atoms in total. The third-order valence-corrected chi connectivity index (χ3v) is 2.49. The maximum Gasteiger partial charge on any atom is 0.0601 e. The fourth-order valence-corrected chi connectivity index (χ4v) is 1.72. The summed E-state index contributed by atoms with van der Waals surface area (Å²) in [6.45, 7) is 2.93. The van der Waals surface area contributed by atoms with Gasteiger partial charge in [-0.2, -0.15) is 0 Å². The van der Waals surface area contributed by atoms with Gasteiger partial charge >= 0.3 is 0 Å². The summed E-state index contributed by atoms with van der Waals surface area (Å²) in [6, 6.07) is 4.17. The van der Waals surface area contributed by atoms with Crippen molar-refractivity contribution >= 4 is 5.69 Å². The Balaban J connectivity index is 2.04. The van der Waals surface area contributed by atoms with Crippen molar-refractivity contribution < 1.29 is 5.11 Å². The van der Waals surface area contributed by atoms with Crippen LogP contribution in [0.2, 0.25) is 0 Å². The smallest absolute Gasteiger partial charge is 0.0601 e. The van der Waals surface area contributed by atoms with Gasteiger partial charge in [0.25, 0.3) is 0 Å². The minimum absolute atomic E-state index is 0.184. The third-order valence-electron chi connectivity index (χ3n) is 2.49. The molecular formula is C10H15N3O. The molecule has 2 N–H and O–H groups in total. The van der Waals surface area contributed by atoms with E-state index in [0.29, 0.717) is 0 Å². The molecule has 0 amide bonds. The highest BCUT2D eigenvalue weighted by atomic mass is 16.3. The van der Waals surface area contributed by atoms with Crippen molar-refractivity contribution in [3.8, 4) is 0 Å². The predicted octanol–water partition coefficient (Wildman–Crippen LogP) is -0.148. The molecule has 14 heavy (non-hydrogen) atoms. The minimum atomic E-state index is 0.184. The van der Waals surface area contributed by atoms with Crippen LogP contribution in [0.5, 0.6) is 0 Å². The van der Waals surface area contributed by atoms with Gasteiger partial charge in [0.1, 0.15) is 0 Å². The standard InChI is InChI=1S/C10H15N3O/c14-8-9-7-13(5-4-12-9)10-2-1-3-11-6-10/h1-3,6,9,12,14H,4-5,7-8H2. The molecule has 1 aromatic heterocycles. The van der Waals surface area contributed by atoms with E-state index in [2.05, 4.69) is 15.2 Å². The van der Waals surface area contributed by atoms with Gasteiger partial charge in [-0.15, -0.1) is 0 Å². The minimum Gasteiger partial charge on any atom is -0.395 e. The zero-order valence-corrected chi connectivity index (χ0v) is 8.06. The SMILES string of the molecule is OCC1CN(c2cccnc2)CCN1. The summed E-state index contributed by atoms with van der Waals surface area (Å²) in [6.07, 6.45) is 3.63. The predicted molar refractivity (Wildman–Crippen MR) is 55.3 cm³/mol. The van der Waals surface area contributed by atoms with Gasteiger partial charge in [-0.05, 0) is 12.1 Å². The molecule has 1 aliphatic heterocycles. The first-order chi connectivity index (χ1) is 6.90.